The first kappa shape index (κ1) is 43.0. The van der Waals surface area contributed by atoms with Gasteiger partial charge in [-0.1, -0.05) is 50.7 Å². The molecule has 2 saturated carbocycles. The summed E-state index contributed by atoms with van der Waals surface area (Å²) >= 11 is 0. The Morgan fingerprint density at radius 2 is 1.14 bits per heavy atom. The number of esters is 2. The van der Waals surface area contributed by atoms with E-state index in [1.165, 1.54) is 13.8 Å². The van der Waals surface area contributed by atoms with Gasteiger partial charge in [0, 0.05) is 32.1 Å². The summed E-state index contributed by atoms with van der Waals surface area (Å²) < 4.78 is 22.7. The molecule has 284 valence electrons. The maximum Gasteiger partial charge on any atom is 0.303 e. The number of hydrogen-bond acceptors (Lipinski definition) is 12. The number of carboxylic acids is 1. The smallest absolute Gasteiger partial charge is 0.303 e. The lowest BCUT2D eigenvalue weighted by molar-refractivity contribution is -0.252. The van der Waals surface area contributed by atoms with E-state index in [-0.39, 0.29) is 38.6 Å². The maximum absolute atomic E-state index is 11.5. The number of aliphatic carboxylic acids is 1. The highest BCUT2D eigenvalue weighted by Crippen LogP contribution is 2.36. The first-order valence-corrected chi connectivity index (χ1v) is 18.2. The monoisotopic (exact) mass is 702 g/mol. The number of carbonyl (C=O) groups excluding carboxylic acids is 2. The number of carbonyl (C=O) groups is 3. The normalized spacial score (nSPS) is 31.0. The van der Waals surface area contributed by atoms with Crippen LogP contribution >= 0.6 is 0 Å². The van der Waals surface area contributed by atoms with E-state index in [1.807, 2.05) is 6.92 Å². The van der Waals surface area contributed by atoms with Crippen LogP contribution < -0.4 is 0 Å². The Balaban J connectivity index is 1.85. The highest BCUT2D eigenvalue weighted by atomic mass is 16.6. The van der Waals surface area contributed by atoms with Crippen molar-refractivity contribution in [1.82, 2.24) is 0 Å². The Morgan fingerprint density at radius 3 is 1.69 bits per heavy atom. The number of allylic oxidation sites excluding steroid dienone is 2. The first-order valence-electron chi connectivity index (χ1n) is 18.2. The molecule has 0 aromatic rings. The molecule has 6 N–H and O–H groups in total. The molecule has 2 rings (SSSR count). The molecule has 11 atom stereocenters. The third kappa shape index (κ3) is 16.2. The van der Waals surface area contributed by atoms with Crippen molar-refractivity contribution in [3.8, 4) is 0 Å². The van der Waals surface area contributed by atoms with E-state index in [0.717, 1.165) is 77.0 Å². The van der Waals surface area contributed by atoms with Gasteiger partial charge in [-0.3, -0.25) is 14.4 Å². The fourth-order valence-electron chi connectivity index (χ4n) is 6.68. The Bertz CT molecular complexity index is 990. The first-order chi connectivity index (χ1) is 23.3. The summed E-state index contributed by atoms with van der Waals surface area (Å²) in [5, 5.41) is 62.5. The second-order valence-electron chi connectivity index (χ2n) is 13.8. The largest absolute Gasteiger partial charge is 0.481 e. The average Bonchev–Trinajstić information content (AvgIpc) is 3.04. The van der Waals surface area contributed by atoms with Gasteiger partial charge in [0.25, 0.3) is 0 Å². The third-order valence-corrected chi connectivity index (χ3v) is 9.57. The molecule has 2 aliphatic rings. The molecule has 0 aromatic heterocycles. The number of aliphatic hydroxyl groups excluding tert-OH is 5. The zero-order chi connectivity index (χ0) is 36.3. The lowest BCUT2D eigenvalue weighted by atomic mass is 9.79. The fourth-order valence-corrected chi connectivity index (χ4v) is 6.68. The molecule has 0 amide bonds. The van der Waals surface area contributed by atoms with Crippen LogP contribution in [0.2, 0.25) is 0 Å². The topological polar surface area (TPSA) is 210 Å². The molecule has 0 spiro atoms. The molecule has 13 nitrogen and oxygen atoms in total. The number of carboxylic acid groups (broad SMARTS) is 1. The van der Waals surface area contributed by atoms with Gasteiger partial charge in [-0.05, 0) is 58.3 Å². The zero-order valence-corrected chi connectivity index (χ0v) is 29.6. The number of rotatable bonds is 23. The molecule has 0 aromatic carbocycles. The molecule has 49 heavy (non-hydrogen) atoms. The van der Waals surface area contributed by atoms with Gasteiger partial charge in [-0.2, -0.15) is 0 Å². The van der Waals surface area contributed by atoms with Crippen LogP contribution in [-0.4, -0.2) is 117 Å². The van der Waals surface area contributed by atoms with Gasteiger partial charge in [-0.15, -0.1) is 0 Å². The minimum Gasteiger partial charge on any atom is -0.481 e. The van der Waals surface area contributed by atoms with Crippen LogP contribution in [0.4, 0.5) is 0 Å². The average molecular weight is 703 g/mol. The fraction of sp³-hybridized carbons (Fsp3) is 0.861. The number of hydrogen-bond donors (Lipinski definition) is 6. The third-order valence-electron chi connectivity index (χ3n) is 9.57. The quantitative estimate of drug-likeness (QED) is 0.0514. The minimum atomic E-state index is -1.58. The van der Waals surface area contributed by atoms with Crippen molar-refractivity contribution in [3.63, 3.8) is 0 Å². The minimum absolute atomic E-state index is 0.0243. The molecule has 0 aliphatic heterocycles. The number of ether oxygens (including phenoxy) is 4. The van der Waals surface area contributed by atoms with Gasteiger partial charge in [0.15, 0.2) is 0 Å². The van der Waals surface area contributed by atoms with E-state index in [4.69, 9.17) is 24.1 Å². The molecular formula is C36H62O13. The van der Waals surface area contributed by atoms with Gasteiger partial charge in [0.1, 0.15) is 24.4 Å². The van der Waals surface area contributed by atoms with Crippen molar-refractivity contribution in [2.75, 3.05) is 13.2 Å². The van der Waals surface area contributed by atoms with Crippen LogP contribution in [0.25, 0.3) is 0 Å². The Hall–Kier alpha value is -2.13. The van der Waals surface area contributed by atoms with Crippen LogP contribution in [0.3, 0.4) is 0 Å². The summed E-state index contributed by atoms with van der Waals surface area (Å²) in [6.07, 6.45) is 6.63. The van der Waals surface area contributed by atoms with E-state index in [9.17, 15) is 39.9 Å². The van der Waals surface area contributed by atoms with Crippen LogP contribution in [-0.2, 0) is 33.3 Å². The second-order valence-corrected chi connectivity index (χ2v) is 13.8. The van der Waals surface area contributed by atoms with E-state index < -0.39 is 78.6 Å². The van der Waals surface area contributed by atoms with Gasteiger partial charge < -0.3 is 49.6 Å². The molecule has 0 saturated heterocycles. The molecule has 0 heterocycles. The summed E-state index contributed by atoms with van der Waals surface area (Å²) in [5.41, 5.74) is 0. The van der Waals surface area contributed by atoms with Gasteiger partial charge >= 0.3 is 17.9 Å². The van der Waals surface area contributed by atoms with Gasteiger partial charge in [-0.25, -0.2) is 0 Å². The maximum atomic E-state index is 11.5. The van der Waals surface area contributed by atoms with Gasteiger partial charge in [0.2, 0.25) is 0 Å². The van der Waals surface area contributed by atoms with Gasteiger partial charge in [0.05, 0.1) is 43.7 Å². The van der Waals surface area contributed by atoms with Crippen molar-refractivity contribution in [2.24, 2.45) is 11.8 Å². The Kier molecular flexibility index (Phi) is 20.5. The lowest BCUT2D eigenvalue weighted by Gasteiger charge is -2.47. The van der Waals surface area contributed by atoms with Crippen LogP contribution in [0.5, 0.6) is 0 Å². The van der Waals surface area contributed by atoms with E-state index >= 15 is 0 Å². The van der Waals surface area contributed by atoms with E-state index in [1.54, 1.807) is 0 Å². The molecule has 2 fully saturated rings. The number of unbranched alkanes of at least 4 members (excludes halogenated alkanes) is 9. The zero-order valence-electron chi connectivity index (χ0n) is 29.6. The molecule has 13 heteroatoms. The molecule has 0 radical (unpaired) electrons. The van der Waals surface area contributed by atoms with Crippen molar-refractivity contribution < 1.29 is 64.0 Å². The molecule has 0 bridgehead atoms. The standard InChI is InChI=1S/C36H62O13/c1-23(17-15-13-11-9-7-5-4-6-8-10-12-14-16-18-30(39)40)48-29-20-27(22-47-25(3)38)32(42)35(45)36(29)49-28-19-26(21-46-24(2)37)31(41)34(44)33(28)43/h4-5,23,26-29,31-36,41-45H,6-22H2,1-3H3,(H,39,40)/b5-4-/t23?,26?,27?,28-,29-,31-,32-,33?,34+,35+,36?/m1/s1. The van der Waals surface area contributed by atoms with Crippen molar-refractivity contribution in [2.45, 2.75) is 172 Å². The van der Waals surface area contributed by atoms with Crippen LogP contribution in [0, 0.1) is 11.8 Å². The van der Waals surface area contributed by atoms with E-state index in [0.29, 0.717) is 0 Å². The second kappa shape index (κ2) is 23.4. The lowest BCUT2D eigenvalue weighted by Crippen LogP contribution is -2.61. The predicted molar refractivity (Wildman–Crippen MR) is 179 cm³/mol. The molecule has 2 aliphatic carbocycles. The van der Waals surface area contributed by atoms with Crippen molar-refractivity contribution >= 4 is 17.9 Å². The van der Waals surface area contributed by atoms with Crippen LogP contribution in [0.1, 0.15) is 117 Å². The van der Waals surface area contributed by atoms with E-state index in [2.05, 4.69) is 12.2 Å². The van der Waals surface area contributed by atoms with Crippen molar-refractivity contribution in [1.29, 1.82) is 0 Å². The Morgan fingerprint density at radius 1 is 0.653 bits per heavy atom. The summed E-state index contributed by atoms with van der Waals surface area (Å²) in [7, 11) is 0. The highest BCUT2D eigenvalue weighted by Gasteiger charge is 2.50. The highest BCUT2D eigenvalue weighted by molar-refractivity contribution is 5.66. The summed E-state index contributed by atoms with van der Waals surface area (Å²) in [6.45, 7) is 4.11. The Labute approximate surface area is 291 Å². The SMILES string of the molecule is CC(=O)OCC1C[C@@H](OC2[C@@H](O)[C@H](O)C(COC(C)=O)C[C@H]2OC(C)CCCCCC/C=C\CCCCCCCC(=O)O)C(O)[C@@H](O)[C@@H]1O. The molecule has 5 unspecified atom stereocenters. The van der Waals surface area contributed by atoms with Crippen LogP contribution in [0.15, 0.2) is 12.2 Å². The summed E-state index contributed by atoms with van der Waals surface area (Å²) in [5.74, 6) is -3.14. The molecular weight excluding hydrogens is 640 g/mol. The van der Waals surface area contributed by atoms with Crippen molar-refractivity contribution in [3.05, 3.63) is 12.2 Å². The summed E-state index contributed by atoms with van der Waals surface area (Å²) in [4.78, 5) is 33.4. The predicted octanol–water partition coefficient (Wildman–Crippen LogP) is 3.20. The number of aliphatic hydroxyl groups is 5. The summed E-state index contributed by atoms with van der Waals surface area (Å²) in [6, 6.07) is 0.